The quantitative estimate of drug-likeness (QED) is 0.580. The Morgan fingerprint density at radius 1 is 1.33 bits per heavy atom. The number of rotatable bonds is 0. The van der Waals surface area contributed by atoms with Crippen LogP contribution in [0.1, 0.15) is 0 Å². The van der Waals surface area contributed by atoms with Crippen molar-refractivity contribution in [3.05, 3.63) is 10.0 Å². The van der Waals surface area contributed by atoms with Crippen molar-refractivity contribution in [2.24, 2.45) is 0 Å². The summed E-state index contributed by atoms with van der Waals surface area (Å²) >= 11 is 14.8. The van der Waals surface area contributed by atoms with Crippen LogP contribution < -0.4 is 0 Å². The molecule has 0 aromatic heterocycles. The summed E-state index contributed by atoms with van der Waals surface area (Å²) in [6.45, 7) is 0. The molecule has 6 heavy (non-hydrogen) atoms. The second-order valence-corrected chi connectivity index (χ2v) is 1.62. The van der Waals surface area contributed by atoms with Crippen molar-refractivity contribution >= 4 is 59.2 Å². The maximum absolute atomic E-state index is 4.96. The molecule has 0 amide bonds. The Morgan fingerprint density at radius 2 is 1.50 bits per heavy atom. The van der Waals surface area contributed by atoms with Gasteiger partial charge in [-0.25, -0.2) is 0 Å². The van der Waals surface area contributed by atoms with Gasteiger partial charge < -0.3 is 0 Å². The first kappa shape index (κ1) is 10.4. The molecule has 0 aliphatic heterocycles. The smallest absolute Gasteiger partial charge is 0.0904 e. The Morgan fingerprint density at radius 3 is 1.50 bits per heavy atom. The summed E-state index contributed by atoms with van der Waals surface area (Å²) in [4.78, 5) is 0. The fraction of sp³-hybridized carbons (Fsp3) is 0. The van der Waals surface area contributed by atoms with Gasteiger partial charge in [0.1, 0.15) is 4.49 Å². The third kappa shape index (κ3) is 9.06. The molecule has 2 radical (unpaired) electrons. The van der Waals surface area contributed by atoms with Gasteiger partial charge in [-0.1, -0.05) is 34.8 Å². The normalized spacial score (nSPS) is 5.83. The van der Waals surface area contributed by atoms with Gasteiger partial charge in [-0.3, -0.25) is 0 Å². The molecule has 0 saturated carbocycles. The minimum atomic E-state index is 0. The molecule has 0 bridgehead atoms. The van der Waals surface area contributed by atoms with Gasteiger partial charge in [-0.15, -0.1) is 0 Å². The van der Waals surface area contributed by atoms with Gasteiger partial charge in [-0.2, -0.15) is 0 Å². The Balaban J connectivity index is 0. The van der Waals surface area contributed by atoms with Gasteiger partial charge >= 0.3 is 24.4 Å². The van der Waals surface area contributed by atoms with Crippen LogP contribution in [0.3, 0.4) is 0 Å². The van der Waals surface area contributed by atoms with E-state index in [4.69, 9.17) is 34.8 Å². The van der Waals surface area contributed by atoms with E-state index in [0.29, 0.717) is 0 Å². The predicted molar refractivity (Wildman–Crippen MR) is 31.4 cm³/mol. The van der Waals surface area contributed by atoms with Gasteiger partial charge in [-0.05, 0) is 0 Å². The third-order valence-corrected chi connectivity index (χ3v) is 0.742. The third-order valence-electron chi connectivity index (χ3n) is 0.0825. The molecule has 0 heterocycles. The SMILES string of the molecule is ClC=C(Cl)Cl.[Sb+3]. The van der Waals surface area contributed by atoms with Crippen LogP contribution in [0.15, 0.2) is 10.0 Å². The molecule has 4 heteroatoms. The second-order valence-electron chi connectivity index (χ2n) is 0.399. The Kier molecular flexibility index (Phi) is 11.2. The summed E-state index contributed by atoms with van der Waals surface area (Å²) < 4.78 is 0.0895. The van der Waals surface area contributed by atoms with Crippen LogP contribution in [0.25, 0.3) is 0 Å². The molecule has 0 N–H and O–H groups in total. The van der Waals surface area contributed by atoms with Crippen molar-refractivity contribution in [1.29, 1.82) is 0 Å². The van der Waals surface area contributed by atoms with Gasteiger partial charge in [0.2, 0.25) is 0 Å². The summed E-state index contributed by atoms with van der Waals surface area (Å²) in [5.74, 6) is 0. The molecular weight excluding hydrogens is 252 g/mol. The van der Waals surface area contributed by atoms with Crippen LogP contribution in [0.5, 0.6) is 0 Å². The van der Waals surface area contributed by atoms with E-state index >= 15 is 0 Å². The van der Waals surface area contributed by atoms with E-state index in [-0.39, 0.29) is 28.9 Å². The van der Waals surface area contributed by atoms with Gasteiger partial charge in [0.15, 0.2) is 0 Å². The van der Waals surface area contributed by atoms with Gasteiger partial charge in [0.25, 0.3) is 0 Å². The summed E-state index contributed by atoms with van der Waals surface area (Å²) in [7, 11) is 0. The van der Waals surface area contributed by atoms with Crippen LogP contribution in [0.2, 0.25) is 0 Å². The fourth-order valence-corrected chi connectivity index (χ4v) is 0. The fourth-order valence-electron chi connectivity index (χ4n) is 0. The molecule has 0 aliphatic rings. The maximum Gasteiger partial charge on any atom is 3.00 e. The first-order valence-corrected chi connectivity index (χ1v) is 2.08. The van der Waals surface area contributed by atoms with Crippen molar-refractivity contribution in [2.45, 2.75) is 0 Å². The molecule has 0 rings (SSSR count). The van der Waals surface area contributed by atoms with Crippen molar-refractivity contribution in [3.8, 4) is 0 Å². The maximum atomic E-state index is 4.96. The van der Waals surface area contributed by atoms with E-state index in [2.05, 4.69) is 0 Å². The molecule has 0 unspecified atom stereocenters. The van der Waals surface area contributed by atoms with Crippen LogP contribution in [-0.4, -0.2) is 24.4 Å². The second kappa shape index (κ2) is 6.43. The largest absolute Gasteiger partial charge is 3.00 e. The van der Waals surface area contributed by atoms with E-state index in [1.165, 1.54) is 0 Å². The molecule has 0 aromatic carbocycles. The molecule has 0 aliphatic carbocycles. The van der Waals surface area contributed by atoms with Gasteiger partial charge in [0, 0.05) is 5.54 Å². The summed E-state index contributed by atoms with van der Waals surface area (Å²) in [6.07, 6.45) is 0. The Labute approximate surface area is 68.9 Å². The average molecular weight is 253 g/mol. The summed E-state index contributed by atoms with van der Waals surface area (Å²) in [5, 5.41) is 0. The van der Waals surface area contributed by atoms with Crippen molar-refractivity contribution < 1.29 is 0 Å². The predicted octanol–water partition coefficient (Wildman–Crippen LogP) is 2.12. The zero-order valence-electron chi connectivity index (χ0n) is 2.66. The molecule has 0 atom stereocenters. The van der Waals surface area contributed by atoms with Crippen molar-refractivity contribution in [2.75, 3.05) is 0 Å². The minimum Gasteiger partial charge on any atom is -0.0904 e. The zero-order chi connectivity index (χ0) is 4.28. The monoisotopic (exact) mass is 251 g/mol. The Hall–Kier alpha value is 1.43. The number of hydrogen-bond acceptors (Lipinski definition) is 0. The van der Waals surface area contributed by atoms with Crippen LogP contribution in [0.4, 0.5) is 0 Å². The molecular formula is C2HCl3Sb+3. The van der Waals surface area contributed by atoms with Crippen LogP contribution >= 0.6 is 34.8 Å². The first-order valence-electron chi connectivity index (χ1n) is 0.885. The van der Waals surface area contributed by atoms with E-state index < -0.39 is 0 Å². The van der Waals surface area contributed by atoms with E-state index in [0.717, 1.165) is 5.54 Å². The molecule has 0 nitrogen and oxygen atoms in total. The van der Waals surface area contributed by atoms with Crippen molar-refractivity contribution in [1.82, 2.24) is 0 Å². The minimum absolute atomic E-state index is 0. The standard InChI is InChI=1S/C2HCl3.Sb/c3-1-2(4)5;/h1H;/q;+3. The average Bonchev–Trinajstić information content (AvgIpc) is 1.38. The van der Waals surface area contributed by atoms with Crippen LogP contribution in [0, 0.1) is 0 Å². The van der Waals surface area contributed by atoms with Crippen molar-refractivity contribution in [3.63, 3.8) is 0 Å². The Bertz CT molecular complexity index is 46.8. The molecule has 0 fully saturated rings. The molecule has 0 spiro atoms. The zero-order valence-corrected chi connectivity index (χ0v) is 7.48. The molecule has 32 valence electrons. The number of halogens is 3. The van der Waals surface area contributed by atoms with E-state index in [1.807, 2.05) is 0 Å². The first-order chi connectivity index (χ1) is 2.27. The van der Waals surface area contributed by atoms with Crippen LogP contribution in [-0.2, 0) is 0 Å². The van der Waals surface area contributed by atoms with Gasteiger partial charge in [0.05, 0.1) is 0 Å². The summed E-state index contributed by atoms with van der Waals surface area (Å²) in [6, 6.07) is 0. The van der Waals surface area contributed by atoms with E-state index in [9.17, 15) is 0 Å². The van der Waals surface area contributed by atoms with E-state index in [1.54, 1.807) is 0 Å². The number of hydrogen-bond donors (Lipinski definition) is 0. The topological polar surface area (TPSA) is 0 Å². The molecule has 0 aromatic rings. The summed E-state index contributed by atoms with van der Waals surface area (Å²) in [5.41, 5.74) is 1.09. The molecule has 0 saturated heterocycles.